The van der Waals surface area contributed by atoms with Crippen molar-refractivity contribution in [3.63, 3.8) is 0 Å². The van der Waals surface area contributed by atoms with Gasteiger partial charge >= 0.3 is 12.0 Å². The highest BCUT2D eigenvalue weighted by atomic mass is 16.5. The number of amides is 2. The Balaban J connectivity index is 1.50. The number of nitrogens with zero attached hydrogens (tertiary/aromatic N) is 2. The van der Waals surface area contributed by atoms with Crippen LogP contribution in [-0.2, 0) is 16.1 Å². The van der Waals surface area contributed by atoms with E-state index in [1.54, 1.807) is 0 Å². The van der Waals surface area contributed by atoms with Crippen LogP contribution >= 0.6 is 0 Å². The SMILES string of the molecule is O=C(OCc1ccccc1)C1CCCN(C(=O)N2CCNCC2)C1. The van der Waals surface area contributed by atoms with E-state index in [4.69, 9.17) is 4.74 Å². The van der Waals surface area contributed by atoms with Crippen LogP contribution in [0.2, 0.25) is 0 Å². The summed E-state index contributed by atoms with van der Waals surface area (Å²) in [6, 6.07) is 9.72. The summed E-state index contributed by atoms with van der Waals surface area (Å²) in [5.74, 6) is -0.411. The van der Waals surface area contributed by atoms with E-state index in [0.29, 0.717) is 13.2 Å². The monoisotopic (exact) mass is 331 g/mol. The summed E-state index contributed by atoms with van der Waals surface area (Å²) in [5.41, 5.74) is 0.982. The minimum atomic E-state index is -0.214. The second-order valence-electron chi connectivity index (χ2n) is 6.40. The number of nitrogens with one attached hydrogen (secondary N) is 1. The second-order valence-corrected chi connectivity index (χ2v) is 6.40. The van der Waals surface area contributed by atoms with Gasteiger partial charge in [0.1, 0.15) is 6.61 Å². The number of piperidine rings is 1. The van der Waals surface area contributed by atoms with Crippen molar-refractivity contribution in [1.29, 1.82) is 0 Å². The van der Waals surface area contributed by atoms with Crippen LogP contribution in [0.5, 0.6) is 0 Å². The number of benzene rings is 1. The van der Waals surface area contributed by atoms with Crippen molar-refractivity contribution < 1.29 is 14.3 Å². The second kappa shape index (κ2) is 8.15. The number of hydrogen-bond donors (Lipinski definition) is 1. The lowest BCUT2D eigenvalue weighted by Gasteiger charge is -2.37. The van der Waals surface area contributed by atoms with Crippen molar-refractivity contribution in [1.82, 2.24) is 15.1 Å². The van der Waals surface area contributed by atoms with Gasteiger partial charge in [0.05, 0.1) is 5.92 Å². The summed E-state index contributed by atoms with van der Waals surface area (Å²) in [4.78, 5) is 28.6. The molecule has 1 unspecified atom stereocenters. The highest BCUT2D eigenvalue weighted by molar-refractivity contribution is 5.77. The van der Waals surface area contributed by atoms with Crippen LogP contribution in [0.1, 0.15) is 18.4 Å². The summed E-state index contributed by atoms with van der Waals surface area (Å²) in [6.07, 6.45) is 1.64. The van der Waals surface area contributed by atoms with Gasteiger partial charge < -0.3 is 19.9 Å². The molecule has 2 saturated heterocycles. The van der Waals surface area contributed by atoms with Crippen LogP contribution in [0.3, 0.4) is 0 Å². The average Bonchev–Trinajstić information content (AvgIpc) is 2.67. The molecule has 130 valence electrons. The van der Waals surface area contributed by atoms with Gasteiger partial charge in [-0.15, -0.1) is 0 Å². The van der Waals surface area contributed by atoms with Gasteiger partial charge in [-0.2, -0.15) is 0 Å². The Morgan fingerprint density at radius 3 is 2.58 bits per heavy atom. The summed E-state index contributed by atoms with van der Waals surface area (Å²) in [5, 5.41) is 3.25. The van der Waals surface area contributed by atoms with E-state index in [9.17, 15) is 9.59 Å². The van der Waals surface area contributed by atoms with E-state index in [0.717, 1.165) is 51.1 Å². The van der Waals surface area contributed by atoms with Crippen LogP contribution < -0.4 is 5.32 Å². The molecule has 2 aliphatic heterocycles. The van der Waals surface area contributed by atoms with Crippen molar-refractivity contribution in [3.8, 4) is 0 Å². The van der Waals surface area contributed by atoms with Crippen molar-refractivity contribution in [2.45, 2.75) is 19.4 Å². The van der Waals surface area contributed by atoms with E-state index in [1.807, 2.05) is 40.1 Å². The Morgan fingerprint density at radius 1 is 1.08 bits per heavy atom. The molecule has 1 N–H and O–H groups in total. The largest absolute Gasteiger partial charge is 0.461 e. The minimum absolute atomic E-state index is 0.0528. The Kier molecular flexibility index (Phi) is 5.69. The van der Waals surface area contributed by atoms with Crippen LogP contribution in [-0.4, -0.2) is 61.1 Å². The van der Waals surface area contributed by atoms with Gasteiger partial charge in [-0.1, -0.05) is 30.3 Å². The molecule has 24 heavy (non-hydrogen) atoms. The normalized spacial score (nSPS) is 21.4. The number of ether oxygens (including phenoxy) is 1. The third-order valence-electron chi connectivity index (χ3n) is 4.64. The van der Waals surface area contributed by atoms with Crippen LogP contribution in [0, 0.1) is 5.92 Å². The van der Waals surface area contributed by atoms with Gasteiger partial charge in [-0.25, -0.2) is 4.79 Å². The van der Waals surface area contributed by atoms with Gasteiger partial charge in [0.2, 0.25) is 0 Å². The lowest BCUT2D eigenvalue weighted by Crippen LogP contribution is -2.54. The van der Waals surface area contributed by atoms with Crippen LogP contribution in [0.25, 0.3) is 0 Å². The number of piperazine rings is 1. The molecule has 6 heteroatoms. The Bertz CT molecular complexity index is 558. The third-order valence-corrected chi connectivity index (χ3v) is 4.64. The molecule has 0 radical (unpaired) electrons. The number of carbonyl (C=O) groups excluding carboxylic acids is 2. The van der Waals surface area contributed by atoms with Crippen LogP contribution in [0.15, 0.2) is 30.3 Å². The highest BCUT2D eigenvalue weighted by Gasteiger charge is 2.31. The number of urea groups is 1. The Hall–Kier alpha value is -2.08. The number of likely N-dealkylation sites (tertiary alicyclic amines) is 1. The van der Waals surface area contributed by atoms with Crippen LogP contribution in [0.4, 0.5) is 4.79 Å². The molecule has 1 aromatic rings. The molecule has 2 aliphatic rings. The summed E-state index contributed by atoms with van der Waals surface area (Å²) < 4.78 is 5.44. The minimum Gasteiger partial charge on any atom is -0.461 e. The van der Waals surface area contributed by atoms with E-state index < -0.39 is 0 Å². The van der Waals surface area contributed by atoms with E-state index >= 15 is 0 Å². The maximum absolute atomic E-state index is 12.6. The molecule has 2 heterocycles. The summed E-state index contributed by atoms with van der Waals surface area (Å²) in [7, 11) is 0. The molecule has 0 aromatic heterocycles. The Morgan fingerprint density at radius 2 is 1.83 bits per heavy atom. The first-order chi connectivity index (χ1) is 11.7. The fraction of sp³-hybridized carbons (Fsp3) is 0.556. The number of hydrogen-bond acceptors (Lipinski definition) is 4. The highest BCUT2D eigenvalue weighted by Crippen LogP contribution is 2.20. The van der Waals surface area contributed by atoms with Gasteiger partial charge in [0.25, 0.3) is 0 Å². The molecule has 2 amide bonds. The van der Waals surface area contributed by atoms with Gasteiger partial charge in [0.15, 0.2) is 0 Å². The fourth-order valence-corrected chi connectivity index (χ4v) is 3.25. The molecule has 0 saturated carbocycles. The first kappa shape index (κ1) is 16.8. The zero-order valence-corrected chi connectivity index (χ0v) is 13.9. The third kappa shape index (κ3) is 4.26. The molecule has 2 fully saturated rings. The quantitative estimate of drug-likeness (QED) is 0.852. The standard InChI is InChI=1S/C18H25N3O3/c22-17(24-14-15-5-2-1-3-6-15)16-7-4-10-21(13-16)18(23)20-11-8-19-9-12-20/h1-3,5-6,16,19H,4,7-14H2. The lowest BCUT2D eigenvalue weighted by molar-refractivity contribution is -0.151. The maximum atomic E-state index is 12.6. The van der Waals surface area contributed by atoms with E-state index in [-0.39, 0.29) is 17.9 Å². The summed E-state index contributed by atoms with van der Waals surface area (Å²) in [6.45, 7) is 4.63. The average molecular weight is 331 g/mol. The van der Waals surface area contributed by atoms with E-state index in [1.165, 1.54) is 0 Å². The zero-order valence-electron chi connectivity index (χ0n) is 13.9. The van der Waals surface area contributed by atoms with Gasteiger partial charge in [0, 0.05) is 39.3 Å². The molecule has 3 rings (SSSR count). The number of esters is 1. The van der Waals surface area contributed by atoms with Crippen molar-refractivity contribution in [2.24, 2.45) is 5.92 Å². The molecule has 0 aliphatic carbocycles. The molecular weight excluding hydrogens is 306 g/mol. The first-order valence-corrected chi connectivity index (χ1v) is 8.69. The fourth-order valence-electron chi connectivity index (χ4n) is 3.25. The van der Waals surface area contributed by atoms with Crippen molar-refractivity contribution >= 4 is 12.0 Å². The topological polar surface area (TPSA) is 61.9 Å². The maximum Gasteiger partial charge on any atom is 0.320 e. The van der Waals surface area contributed by atoms with Crippen molar-refractivity contribution in [2.75, 3.05) is 39.3 Å². The number of carbonyl (C=O) groups is 2. The summed E-state index contributed by atoms with van der Waals surface area (Å²) >= 11 is 0. The van der Waals surface area contributed by atoms with E-state index in [2.05, 4.69) is 5.32 Å². The number of rotatable bonds is 3. The lowest BCUT2D eigenvalue weighted by atomic mass is 9.98. The first-order valence-electron chi connectivity index (χ1n) is 8.69. The molecule has 0 bridgehead atoms. The predicted octanol–water partition coefficient (Wildman–Crippen LogP) is 1.47. The van der Waals surface area contributed by atoms with Gasteiger partial charge in [-0.3, -0.25) is 4.79 Å². The Labute approximate surface area is 142 Å². The van der Waals surface area contributed by atoms with Crippen molar-refractivity contribution in [3.05, 3.63) is 35.9 Å². The molecular formula is C18H25N3O3. The molecule has 1 aromatic carbocycles. The smallest absolute Gasteiger partial charge is 0.320 e. The molecule has 6 nitrogen and oxygen atoms in total. The molecule has 1 atom stereocenters. The van der Waals surface area contributed by atoms with Gasteiger partial charge in [-0.05, 0) is 18.4 Å². The molecule has 0 spiro atoms. The zero-order chi connectivity index (χ0) is 16.8. The predicted molar refractivity (Wildman–Crippen MR) is 90.4 cm³/mol.